The molecule has 1 nitrogen and oxygen atoms in total. The number of allylic oxidation sites excluding steroid dienone is 1. The molecule has 0 amide bonds. The summed E-state index contributed by atoms with van der Waals surface area (Å²) in [6.07, 6.45) is 4.80. The highest BCUT2D eigenvalue weighted by atomic mass is 16.1. The molecule has 2 atom stereocenters. The minimum Gasteiger partial charge on any atom is -0.299 e. The van der Waals surface area contributed by atoms with Crippen LogP contribution in [0.1, 0.15) is 40.0 Å². The summed E-state index contributed by atoms with van der Waals surface area (Å²) < 4.78 is 0. The monoisotopic (exact) mass is 180 g/mol. The molecule has 0 heterocycles. The third-order valence-corrected chi connectivity index (χ3v) is 3.32. The van der Waals surface area contributed by atoms with Crippen molar-refractivity contribution < 1.29 is 4.79 Å². The topological polar surface area (TPSA) is 17.1 Å². The molecule has 74 valence electrons. The molecule has 1 rings (SSSR count). The molecule has 0 aromatic rings. The van der Waals surface area contributed by atoms with E-state index in [1.54, 1.807) is 0 Å². The van der Waals surface area contributed by atoms with Crippen LogP contribution in [0.15, 0.2) is 12.7 Å². The van der Waals surface area contributed by atoms with Gasteiger partial charge in [-0.1, -0.05) is 26.8 Å². The highest BCUT2D eigenvalue weighted by Gasteiger charge is 2.35. The van der Waals surface area contributed by atoms with Crippen molar-refractivity contribution in [2.24, 2.45) is 17.3 Å². The molecule has 0 unspecified atom stereocenters. The largest absolute Gasteiger partial charge is 0.299 e. The molecule has 0 spiro atoms. The number of carbonyl (C=O) groups is 1. The third kappa shape index (κ3) is 2.20. The first-order chi connectivity index (χ1) is 5.98. The maximum Gasteiger partial charge on any atom is 0.137 e. The number of hydrogen-bond donors (Lipinski definition) is 0. The number of carbonyl (C=O) groups excluding carboxylic acids is 1. The summed E-state index contributed by atoms with van der Waals surface area (Å²) in [6.45, 7) is 10.2. The van der Waals surface area contributed by atoms with Crippen molar-refractivity contribution in [1.29, 1.82) is 0 Å². The van der Waals surface area contributed by atoms with E-state index in [0.717, 1.165) is 12.8 Å². The van der Waals surface area contributed by atoms with Gasteiger partial charge in [-0.15, -0.1) is 6.58 Å². The lowest BCUT2D eigenvalue weighted by atomic mass is 9.68. The van der Waals surface area contributed by atoms with Gasteiger partial charge in [-0.2, -0.15) is 0 Å². The lowest BCUT2D eigenvalue weighted by molar-refractivity contribution is -0.128. The number of hydrogen-bond acceptors (Lipinski definition) is 1. The summed E-state index contributed by atoms with van der Waals surface area (Å²) in [4.78, 5) is 11.8. The number of rotatable bonds is 2. The Morgan fingerprint density at radius 3 is 2.62 bits per heavy atom. The Bertz CT molecular complexity index is 217. The Kier molecular flexibility index (Phi) is 2.94. The van der Waals surface area contributed by atoms with Gasteiger partial charge in [0.25, 0.3) is 0 Å². The quantitative estimate of drug-likeness (QED) is 0.596. The van der Waals surface area contributed by atoms with Crippen molar-refractivity contribution in [3.05, 3.63) is 12.7 Å². The maximum absolute atomic E-state index is 11.8. The fourth-order valence-electron chi connectivity index (χ4n) is 2.14. The maximum atomic E-state index is 11.8. The van der Waals surface area contributed by atoms with E-state index in [9.17, 15) is 4.79 Å². The average Bonchev–Trinajstić information content (AvgIpc) is 2.03. The van der Waals surface area contributed by atoms with Crippen molar-refractivity contribution >= 4 is 5.78 Å². The molecule has 0 N–H and O–H groups in total. The second-order valence-corrected chi connectivity index (χ2v) is 4.89. The van der Waals surface area contributed by atoms with Crippen LogP contribution in [-0.2, 0) is 4.79 Å². The van der Waals surface area contributed by atoms with Crippen LogP contribution in [0.2, 0.25) is 0 Å². The van der Waals surface area contributed by atoms with E-state index in [1.165, 1.54) is 0 Å². The molecule has 1 saturated carbocycles. The van der Waals surface area contributed by atoms with Crippen molar-refractivity contribution in [2.45, 2.75) is 40.0 Å². The van der Waals surface area contributed by atoms with E-state index in [2.05, 4.69) is 27.4 Å². The van der Waals surface area contributed by atoms with Crippen LogP contribution in [0.5, 0.6) is 0 Å². The first kappa shape index (κ1) is 10.5. The molecule has 0 saturated heterocycles. The highest BCUT2D eigenvalue weighted by molar-refractivity contribution is 5.83. The van der Waals surface area contributed by atoms with Crippen LogP contribution >= 0.6 is 0 Å². The zero-order chi connectivity index (χ0) is 10.1. The standard InChI is InChI=1S/C12H20O/c1-5-12(4)7-6-10(9(2)3)11(13)8-12/h5,9-10H,1,6-8H2,2-4H3/t10-,12+/m1/s1. The Morgan fingerprint density at radius 1 is 1.62 bits per heavy atom. The van der Waals surface area contributed by atoms with Crippen molar-refractivity contribution in [1.82, 2.24) is 0 Å². The molecule has 1 heteroatoms. The fraction of sp³-hybridized carbons (Fsp3) is 0.750. The van der Waals surface area contributed by atoms with Gasteiger partial charge in [-0.3, -0.25) is 4.79 Å². The molecule has 0 aromatic carbocycles. The summed E-state index contributed by atoms with van der Waals surface area (Å²) in [5.74, 6) is 1.23. The first-order valence-corrected chi connectivity index (χ1v) is 5.15. The van der Waals surface area contributed by atoms with Gasteiger partial charge < -0.3 is 0 Å². The Balaban J connectivity index is 2.67. The second-order valence-electron chi connectivity index (χ2n) is 4.89. The first-order valence-electron chi connectivity index (χ1n) is 5.15. The van der Waals surface area contributed by atoms with Crippen LogP contribution in [0.4, 0.5) is 0 Å². The van der Waals surface area contributed by atoms with Crippen LogP contribution in [0.3, 0.4) is 0 Å². The van der Waals surface area contributed by atoms with Crippen LogP contribution in [-0.4, -0.2) is 5.78 Å². The van der Waals surface area contributed by atoms with Gasteiger partial charge in [0.05, 0.1) is 0 Å². The summed E-state index contributed by atoms with van der Waals surface area (Å²) in [6, 6.07) is 0. The van der Waals surface area contributed by atoms with Gasteiger partial charge in [-0.05, 0) is 24.2 Å². The van der Waals surface area contributed by atoms with E-state index in [1.807, 2.05) is 6.08 Å². The number of ketones is 1. The Labute approximate surface area is 81.2 Å². The predicted octanol–water partition coefficient (Wildman–Crippen LogP) is 3.20. The van der Waals surface area contributed by atoms with E-state index in [0.29, 0.717) is 24.0 Å². The van der Waals surface area contributed by atoms with Crippen LogP contribution < -0.4 is 0 Å². The molecule has 0 aromatic heterocycles. The lowest BCUT2D eigenvalue weighted by Gasteiger charge is -2.35. The van der Waals surface area contributed by atoms with Gasteiger partial charge in [-0.25, -0.2) is 0 Å². The molecule has 1 aliphatic carbocycles. The summed E-state index contributed by atoms with van der Waals surface area (Å²) in [7, 11) is 0. The molecule has 0 bridgehead atoms. The zero-order valence-electron chi connectivity index (χ0n) is 8.97. The van der Waals surface area contributed by atoms with Gasteiger partial charge in [0, 0.05) is 12.3 Å². The summed E-state index contributed by atoms with van der Waals surface area (Å²) in [5, 5.41) is 0. The van der Waals surface area contributed by atoms with Gasteiger partial charge >= 0.3 is 0 Å². The normalized spacial score (nSPS) is 35.1. The van der Waals surface area contributed by atoms with Crippen molar-refractivity contribution in [2.75, 3.05) is 0 Å². The van der Waals surface area contributed by atoms with E-state index >= 15 is 0 Å². The van der Waals surface area contributed by atoms with Crippen molar-refractivity contribution in [3.8, 4) is 0 Å². The van der Waals surface area contributed by atoms with E-state index in [-0.39, 0.29) is 5.41 Å². The van der Waals surface area contributed by atoms with Crippen LogP contribution in [0, 0.1) is 17.3 Å². The summed E-state index contributed by atoms with van der Waals surface area (Å²) >= 11 is 0. The SMILES string of the molecule is C=C[C@@]1(C)CC[C@H](C(C)C)C(=O)C1. The Morgan fingerprint density at radius 2 is 2.23 bits per heavy atom. The zero-order valence-corrected chi connectivity index (χ0v) is 8.97. The molecule has 13 heavy (non-hydrogen) atoms. The Hall–Kier alpha value is -0.590. The van der Waals surface area contributed by atoms with E-state index in [4.69, 9.17) is 0 Å². The molecule has 1 fully saturated rings. The molecular formula is C12H20O. The highest BCUT2D eigenvalue weighted by Crippen LogP contribution is 2.39. The number of Topliss-reactive ketones (excluding diaryl/α,β-unsaturated/α-hetero) is 1. The minimum absolute atomic E-state index is 0.0719. The average molecular weight is 180 g/mol. The summed E-state index contributed by atoms with van der Waals surface area (Å²) in [5.41, 5.74) is 0.0719. The van der Waals surface area contributed by atoms with Gasteiger partial charge in [0.2, 0.25) is 0 Å². The van der Waals surface area contributed by atoms with Crippen LogP contribution in [0.25, 0.3) is 0 Å². The second kappa shape index (κ2) is 3.65. The van der Waals surface area contributed by atoms with Crippen molar-refractivity contribution in [3.63, 3.8) is 0 Å². The van der Waals surface area contributed by atoms with E-state index < -0.39 is 0 Å². The van der Waals surface area contributed by atoms with Gasteiger partial charge in [0.15, 0.2) is 0 Å². The molecule has 1 aliphatic rings. The predicted molar refractivity (Wildman–Crippen MR) is 55.5 cm³/mol. The van der Waals surface area contributed by atoms with Gasteiger partial charge in [0.1, 0.15) is 5.78 Å². The fourth-order valence-corrected chi connectivity index (χ4v) is 2.14. The molecular weight excluding hydrogens is 160 g/mol. The molecule has 0 radical (unpaired) electrons. The molecule has 0 aliphatic heterocycles. The smallest absolute Gasteiger partial charge is 0.137 e. The minimum atomic E-state index is 0.0719. The third-order valence-electron chi connectivity index (χ3n) is 3.32. The lowest BCUT2D eigenvalue weighted by Crippen LogP contribution is -2.33.